The van der Waals surface area contributed by atoms with Gasteiger partial charge in [-0.15, -0.1) is 0 Å². The highest BCUT2D eigenvalue weighted by Gasteiger charge is 2.46. The Balaban J connectivity index is 0.947. The van der Waals surface area contributed by atoms with Crippen molar-refractivity contribution in [2.75, 3.05) is 4.90 Å². The van der Waals surface area contributed by atoms with E-state index in [2.05, 4.69) is 249 Å². The third kappa shape index (κ3) is 6.55. The third-order valence-electron chi connectivity index (χ3n) is 15.8. The topological polar surface area (TPSA) is 16.4 Å². The van der Waals surface area contributed by atoms with Crippen molar-refractivity contribution < 1.29 is 8.81 Å². The number of hydrogen-bond donors (Lipinski definition) is 0. The molecular formula is C70H48FNO. The van der Waals surface area contributed by atoms with Gasteiger partial charge < -0.3 is 9.32 Å². The largest absolute Gasteiger partial charge is 0.455 e. The molecule has 12 aromatic rings. The molecule has 1 aromatic heterocycles. The Kier molecular flexibility index (Phi) is 9.68. The van der Waals surface area contributed by atoms with Crippen molar-refractivity contribution in [2.45, 2.75) is 24.7 Å². The van der Waals surface area contributed by atoms with E-state index in [9.17, 15) is 4.39 Å². The Hall–Kier alpha value is -9.05. The van der Waals surface area contributed by atoms with Gasteiger partial charge in [-0.2, -0.15) is 0 Å². The SMILES string of the molecule is CC1(C)c2ccccc2-c2ccc(N(c3ccc(-c4ccccc4)cc3)c3cc(-c4ccccc4)c4c(c3)oc3c(-c5ccc(C6(c7ccc(F)cc7)c7ccccc7-c7ccccc76)cc5)cccc34)cc21. The Morgan fingerprint density at radius 3 is 1.51 bits per heavy atom. The first-order chi connectivity index (χ1) is 35.9. The molecule has 0 saturated carbocycles. The Labute approximate surface area is 424 Å². The summed E-state index contributed by atoms with van der Waals surface area (Å²) in [6, 6.07) is 90.4. The summed E-state index contributed by atoms with van der Waals surface area (Å²) in [4.78, 5) is 2.39. The molecule has 1 heterocycles. The van der Waals surface area contributed by atoms with Crippen LogP contribution in [0.5, 0.6) is 0 Å². The highest BCUT2D eigenvalue weighted by atomic mass is 19.1. The van der Waals surface area contributed by atoms with Crippen LogP contribution in [0.4, 0.5) is 21.5 Å². The molecule has 0 aliphatic heterocycles. The van der Waals surface area contributed by atoms with Crippen LogP contribution in [0.3, 0.4) is 0 Å². The van der Waals surface area contributed by atoms with Crippen molar-refractivity contribution in [1.29, 1.82) is 0 Å². The van der Waals surface area contributed by atoms with Gasteiger partial charge in [0, 0.05) is 39.2 Å². The van der Waals surface area contributed by atoms with Gasteiger partial charge >= 0.3 is 0 Å². The predicted molar refractivity (Wildman–Crippen MR) is 300 cm³/mol. The molecule has 0 saturated heterocycles. The molecule has 346 valence electrons. The van der Waals surface area contributed by atoms with Crippen LogP contribution < -0.4 is 4.90 Å². The van der Waals surface area contributed by atoms with Crippen molar-refractivity contribution in [2.24, 2.45) is 0 Å². The normalized spacial score (nSPS) is 13.6. The molecule has 14 rings (SSSR count). The molecule has 0 bridgehead atoms. The minimum absolute atomic E-state index is 0.176. The van der Waals surface area contributed by atoms with Crippen molar-refractivity contribution in [3.63, 3.8) is 0 Å². The summed E-state index contributed by atoms with van der Waals surface area (Å²) in [5, 5.41) is 2.13. The first-order valence-corrected chi connectivity index (χ1v) is 25.2. The fraction of sp³-hybridized carbons (Fsp3) is 0.0571. The van der Waals surface area contributed by atoms with E-state index in [1.807, 2.05) is 12.1 Å². The Morgan fingerprint density at radius 1 is 0.356 bits per heavy atom. The fourth-order valence-corrected chi connectivity index (χ4v) is 12.5. The molecule has 0 spiro atoms. The first-order valence-electron chi connectivity index (χ1n) is 25.2. The van der Waals surface area contributed by atoms with Gasteiger partial charge in [-0.05, 0) is 126 Å². The number of nitrogens with zero attached hydrogens (tertiary/aromatic N) is 1. The zero-order chi connectivity index (χ0) is 48.8. The molecular weight excluding hydrogens is 890 g/mol. The van der Waals surface area contributed by atoms with E-state index in [1.54, 1.807) is 12.1 Å². The van der Waals surface area contributed by atoms with Crippen LogP contribution in [-0.4, -0.2) is 0 Å². The number of anilines is 3. The molecule has 0 N–H and O–H groups in total. The molecule has 0 fully saturated rings. The molecule has 0 radical (unpaired) electrons. The second-order valence-corrected chi connectivity index (χ2v) is 20.1. The molecule has 2 aliphatic rings. The standard InChI is InChI=1S/C70H48FNO/c1-69(2)62-25-12-9-20-56(62)59-41-40-53(43-65(59)69)72(52-38-30-46(31-39-52)45-16-5-3-6-17-45)54-42-61(47-18-7-4-8-19-47)67-60-24-15-23-55(68(60)73-66(67)44-54)48-28-32-49(33-29-48)70(50-34-36-51(71)37-35-50)63-26-13-10-21-57(63)58-22-11-14-27-64(58)70/h3-44H,1-2H3. The minimum atomic E-state index is -0.641. The first kappa shape index (κ1) is 42.8. The summed E-state index contributed by atoms with van der Waals surface area (Å²) >= 11 is 0. The number of fused-ring (bicyclic) bond motifs is 9. The number of hydrogen-bond acceptors (Lipinski definition) is 2. The Bertz CT molecular complexity index is 4050. The quantitative estimate of drug-likeness (QED) is 0.151. The van der Waals surface area contributed by atoms with Gasteiger partial charge in [-0.25, -0.2) is 4.39 Å². The average molecular weight is 938 g/mol. The zero-order valence-electron chi connectivity index (χ0n) is 40.5. The monoisotopic (exact) mass is 937 g/mol. The van der Waals surface area contributed by atoms with Crippen molar-refractivity contribution in [1.82, 2.24) is 0 Å². The second-order valence-electron chi connectivity index (χ2n) is 20.1. The van der Waals surface area contributed by atoms with Crippen LogP contribution in [-0.2, 0) is 10.8 Å². The van der Waals surface area contributed by atoms with Crippen LogP contribution in [0, 0.1) is 5.82 Å². The summed E-state index contributed by atoms with van der Waals surface area (Å²) in [6.07, 6.45) is 0. The fourth-order valence-electron chi connectivity index (χ4n) is 12.5. The Morgan fingerprint density at radius 2 is 0.849 bits per heavy atom. The summed E-state index contributed by atoms with van der Waals surface area (Å²) in [5.41, 5.74) is 22.7. The van der Waals surface area contributed by atoms with Gasteiger partial charge in [0.05, 0.1) is 11.1 Å². The highest BCUT2D eigenvalue weighted by Crippen LogP contribution is 2.57. The lowest BCUT2D eigenvalue weighted by atomic mass is 9.67. The second kappa shape index (κ2) is 16.5. The van der Waals surface area contributed by atoms with E-state index in [1.165, 1.54) is 50.1 Å². The molecule has 3 heteroatoms. The molecule has 0 unspecified atom stereocenters. The van der Waals surface area contributed by atoms with Crippen molar-refractivity contribution in [3.05, 3.63) is 294 Å². The molecule has 0 amide bonds. The van der Waals surface area contributed by atoms with Crippen LogP contribution in [0.2, 0.25) is 0 Å². The van der Waals surface area contributed by atoms with Crippen molar-refractivity contribution >= 4 is 39.0 Å². The number of halogens is 1. The maximum absolute atomic E-state index is 14.6. The zero-order valence-corrected chi connectivity index (χ0v) is 40.5. The summed E-state index contributed by atoms with van der Waals surface area (Å²) < 4.78 is 21.9. The maximum Gasteiger partial charge on any atom is 0.143 e. The summed E-state index contributed by atoms with van der Waals surface area (Å²) in [7, 11) is 0. The molecule has 11 aromatic carbocycles. The van der Waals surface area contributed by atoms with Crippen LogP contribution in [0.15, 0.2) is 259 Å². The van der Waals surface area contributed by atoms with Crippen LogP contribution in [0.1, 0.15) is 47.2 Å². The summed E-state index contributed by atoms with van der Waals surface area (Å²) in [6.45, 7) is 4.69. The number of rotatable bonds is 8. The lowest BCUT2D eigenvalue weighted by Gasteiger charge is -2.34. The van der Waals surface area contributed by atoms with Gasteiger partial charge in [0.15, 0.2) is 0 Å². The number of benzene rings is 11. The summed E-state index contributed by atoms with van der Waals surface area (Å²) in [5.74, 6) is -0.251. The smallest absolute Gasteiger partial charge is 0.143 e. The van der Waals surface area contributed by atoms with Crippen LogP contribution >= 0.6 is 0 Å². The van der Waals surface area contributed by atoms with E-state index >= 15 is 0 Å². The average Bonchev–Trinajstić information content (AvgIpc) is 4.05. The highest BCUT2D eigenvalue weighted by molar-refractivity contribution is 6.16. The predicted octanol–water partition coefficient (Wildman–Crippen LogP) is 18.9. The van der Waals surface area contributed by atoms with E-state index in [0.29, 0.717) is 0 Å². The van der Waals surface area contributed by atoms with E-state index < -0.39 is 5.41 Å². The van der Waals surface area contributed by atoms with E-state index in [-0.39, 0.29) is 11.2 Å². The van der Waals surface area contributed by atoms with Gasteiger partial charge in [0.25, 0.3) is 0 Å². The molecule has 2 aliphatic carbocycles. The molecule has 0 atom stereocenters. The van der Waals surface area contributed by atoms with E-state index in [4.69, 9.17) is 4.42 Å². The van der Waals surface area contributed by atoms with Gasteiger partial charge in [0.1, 0.15) is 17.0 Å². The number of para-hydroxylation sites is 1. The third-order valence-corrected chi connectivity index (χ3v) is 15.8. The van der Waals surface area contributed by atoms with Gasteiger partial charge in [-0.1, -0.05) is 220 Å². The van der Waals surface area contributed by atoms with Crippen molar-refractivity contribution in [3.8, 4) is 55.6 Å². The maximum atomic E-state index is 14.6. The minimum Gasteiger partial charge on any atom is -0.455 e. The number of furan rings is 1. The van der Waals surface area contributed by atoms with Gasteiger partial charge in [-0.3, -0.25) is 0 Å². The lowest BCUT2D eigenvalue weighted by Crippen LogP contribution is -2.28. The lowest BCUT2D eigenvalue weighted by molar-refractivity contribution is 0.625. The van der Waals surface area contributed by atoms with Crippen LogP contribution in [0.25, 0.3) is 77.6 Å². The van der Waals surface area contributed by atoms with E-state index in [0.717, 1.165) is 77.9 Å². The molecule has 73 heavy (non-hydrogen) atoms. The van der Waals surface area contributed by atoms with Gasteiger partial charge in [0.2, 0.25) is 0 Å². The molecule has 2 nitrogen and oxygen atoms in total.